The summed E-state index contributed by atoms with van der Waals surface area (Å²) in [5.41, 5.74) is 3.54. The number of ether oxygens (including phenoxy) is 1. The summed E-state index contributed by atoms with van der Waals surface area (Å²) in [7, 11) is 0. The highest BCUT2D eigenvalue weighted by Crippen LogP contribution is 2.34. The highest BCUT2D eigenvalue weighted by atomic mass is 35.5. The standard InChI is InChI=1S/C17H17ClO3/c1-9-10(2)21-11(3)16(9)15(19)8-13-7-14(18)6-12-4-5-20-17(12)13/h6-7H,4-5,8H2,1-3H3. The van der Waals surface area contributed by atoms with E-state index >= 15 is 0 Å². The topological polar surface area (TPSA) is 39.4 Å². The summed E-state index contributed by atoms with van der Waals surface area (Å²) in [4.78, 5) is 12.6. The van der Waals surface area contributed by atoms with Crippen LogP contribution in [-0.4, -0.2) is 12.4 Å². The largest absolute Gasteiger partial charge is 0.493 e. The van der Waals surface area contributed by atoms with Crippen LogP contribution in [-0.2, 0) is 12.8 Å². The number of benzene rings is 1. The molecule has 1 aromatic heterocycles. The fourth-order valence-electron chi connectivity index (χ4n) is 2.94. The molecule has 0 unspecified atom stereocenters. The van der Waals surface area contributed by atoms with E-state index in [1.807, 2.05) is 32.9 Å². The fraction of sp³-hybridized carbons (Fsp3) is 0.353. The van der Waals surface area contributed by atoms with Gasteiger partial charge in [0.25, 0.3) is 0 Å². The summed E-state index contributed by atoms with van der Waals surface area (Å²) in [6.07, 6.45) is 1.13. The predicted molar refractivity (Wildman–Crippen MR) is 81.6 cm³/mol. The summed E-state index contributed by atoms with van der Waals surface area (Å²) < 4.78 is 11.2. The van der Waals surface area contributed by atoms with Crippen molar-refractivity contribution >= 4 is 17.4 Å². The molecule has 0 radical (unpaired) electrons. The third kappa shape index (κ3) is 2.46. The van der Waals surface area contributed by atoms with E-state index in [1.165, 1.54) is 0 Å². The molecule has 1 aromatic carbocycles. The molecule has 0 fully saturated rings. The molecule has 2 aromatic rings. The molecule has 0 saturated heterocycles. The molecule has 21 heavy (non-hydrogen) atoms. The predicted octanol–water partition coefficient (Wildman–Crippen LogP) is 4.22. The van der Waals surface area contributed by atoms with E-state index in [9.17, 15) is 4.79 Å². The first-order valence-corrected chi connectivity index (χ1v) is 7.39. The Morgan fingerprint density at radius 2 is 2.00 bits per heavy atom. The quantitative estimate of drug-likeness (QED) is 0.797. The summed E-state index contributed by atoms with van der Waals surface area (Å²) in [6.45, 7) is 6.27. The second kappa shape index (κ2) is 5.23. The highest BCUT2D eigenvalue weighted by Gasteiger charge is 2.23. The van der Waals surface area contributed by atoms with Crippen LogP contribution in [0.15, 0.2) is 16.5 Å². The summed E-state index contributed by atoms with van der Waals surface area (Å²) in [5.74, 6) is 2.34. The van der Waals surface area contributed by atoms with Gasteiger partial charge in [-0.3, -0.25) is 4.79 Å². The zero-order valence-electron chi connectivity index (χ0n) is 12.4. The van der Waals surface area contributed by atoms with Gasteiger partial charge in [0.05, 0.1) is 12.2 Å². The third-order valence-electron chi connectivity index (χ3n) is 4.02. The molecule has 3 nitrogen and oxygen atoms in total. The van der Waals surface area contributed by atoms with Crippen molar-refractivity contribution in [3.05, 3.63) is 50.9 Å². The van der Waals surface area contributed by atoms with Gasteiger partial charge in [0, 0.05) is 29.0 Å². The minimum atomic E-state index is 0.0433. The Morgan fingerprint density at radius 3 is 2.67 bits per heavy atom. The fourth-order valence-corrected chi connectivity index (χ4v) is 3.20. The highest BCUT2D eigenvalue weighted by molar-refractivity contribution is 6.30. The average Bonchev–Trinajstić information content (AvgIpc) is 2.95. The lowest BCUT2D eigenvalue weighted by molar-refractivity contribution is 0.0990. The van der Waals surface area contributed by atoms with E-state index in [0.29, 0.717) is 23.0 Å². The van der Waals surface area contributed by atoms with Crippen LogP contribution in [0.5, 0.6) is 5.75 Å². The molecular formula is C17H17ClO3. The van der Waals surface area contributed by atoms with Gasteiger partial charge in [-0.1, -0.05) is 11.6 Å². The molecule has 3 rings (SSSR count). The van der Waals surface area contributed by atoms with E-state index in [0.717, 1.165) is 34.6 Å². The Kier molecular flexibility index (Phi) is 3.54. The van der Waals surface area contributed by atoms with Gasteiger partial charge in [-0.05, 0) is 38.5 Å². The van der Waals surface area contributed by atoms with Crippen molar-refractivity contribution in [1.82, 2.24) is 0 Å². The van der Waals surface area contributed by atoms with Gasteiger partial charge in [-0.2, -0.15) is 0 Å². The lowest BCUT2D eigenvalue weighted by Crippen LogP contribution is -2.07. The number of hydrogen-bond donors (Lipinski definition) is 0. The molecule has 0 atom stereocenters. The normalized spacial score (nSPS) is 13.1. The van der Waals surface area contributed by atoms with Crippen molar-refractivity contribution < 1.29 is 13.9 Å². The van der Waals surface area contributed by atoms with Crippen LogP contribution in [0.3, 0.4) is 0 Å². The number of aryl methyl sites for hydroxylation is 2. The molecule has 0 saturated carbocycles. The number of carbonyl (C=O) groups excluding carboxylic acids is 1. The molecule has 1 aliphatic heterocycles. The minimum Gasteiger partial charge on any atom is -0.493 e. The van der Waals surface area contributed by atoms with Gasteiger partial charge < -0.3 is 9.15 Å². The minimum absolute atomic E-state index is 0.0433. The maximum atomic E-state index is 12.6. The SMILES string of the molecule is Cc1oc(C)c(C(=O)Cc2cc(Cl)cc3c2OCC3)c1C. The number of ketones is 1. The summed E-state index contributed by atoms with van der Waals surface area (Å²) in [5, 5.41) is 0.652. The number of Topliss-reactive ketones (excluding diaryl/α,β-unsaturated/α-hetero) is 1. The van der Waals surface area contributed by atoms with E-state index < -0.39 is 0 Å². The molecule has 0 amide bonds. The molecule has 0 bridgehead atoms. The zero-order chi connectivity index (χ0) is 15.1. The summed E-state index contributed by atoms with van der Waals surface area (Å²) in [6, 6.07) is 3.73. The molecule has 0 N–H and O–H groups in total. The lowest BCUT2D eigenvalue weighted by Gasteiger charge is -2.08. The van der Waals surface area contributed by atoms with Crippen LogP contribution >= 0.6 is 11.6 Å². The van der Waals surface area contributed by atoms with Gasteiger partial charge in [0.1, 0.15) is 17.3 Å². The van der Waals surface area contributed by atoms with Gasteiger partial charge in [0.2, 0.25) is 0 Å². The van der Waals surface area contributed by atoms with Gasteiger partial charge in [-0.15, -0.1) is 0 Å². The number of halogens is 1. The Morgan fingerprint density at radius 1 is 1.24 bits per heavy atom. The van der Waals surface area contributed by atoms with Crippen LogP contribution in [0.2, 0.25) is 5.02 Å². The third-order valence-corrected chi connectivity index (χ3v) is 4.23. The van der Waals surface area contributed by atoms with Crippen molar-refractivity contribution in [2.75, 3.05) is 6.61 Å². The van der Waals surface area contributed by atoms with Gasteiger partial charge >= 0.3 is 0 Å². The maximum absolute atomic E-state index is 12.6. The first-order chi connectivity index (χ1) is 9.97. The first kappa shape index (κ1) is 14.2. The van der Waals surface area contributed by atoms with Crippen molar-refractivity contribution in [3.63, 3.8) is 0 Å². The molecule has 0 spiro atoms. The Hall–Kier alpha value is -1.74. The number of fused-ring (bicyclic) bond motifs is 1. The second-order valence-corrected chi connectivity index (χ2v) is 5.90. The molecule has 4 heteroatoms. The zero-order valence-corrected chi connectivity index (χ0v) is 13.1. The van der Waals surface area contributed by atoms with E-state index in [-0.39, 0.29) is 12.2 Å². The smallest absolute Gasteiger partial charge is 0.171 e. The summed E-state index contributed by atoms with van der Waals surface area (Å²) >= 11 is 6.14. The molecule has 2 heterocycles. The van der Waals surface area contributed by atoms with E-state index in [2.05, 4.69) is 0 Å². The van der Waals surface area contributed by atoms with Crippen LogP contribution in [0.4, 0.5) is 0 Å². The number of furan rings is 1. The average molecular weight is 305 g/mol. The van der Waals surface area contributed by atoms with Crippen LogP contribution in [0.1, 0.15) is 38.6 Å². The maximum Gasteiger partial charge on any atom is 0.171 e. The lowest BCUT2D eigenvalue weighted by atomic mass is 9.98. The molecular weight excluding hydrogens is 288 g/mol. The number of rotatable bonds is 3. The van der Waals surface area contributed by atoms with Crippen molar-refractivity contribution in [1.29, 1.82) is 0 Å². The first-order valence-electron chi connectivity index (χ1n) is 7.01. The Bertz CT molecular complexity index is 728. The molecule has 1 aliphatic rings. The Balaban J connectivity index is 1.96. The number of carbonyl (C=O) groups is 1. The van der Waals surface area contributed by atoms with Crippen molar-refractivity contribution in [3.8, 4) is 5.75 Å². The van der Waals surface area contributed by atoms with E-state index in [4.69, 9.17) is 20.8 Å². The van der Waals surface area contributed by atoms with Crippen LogP contribution in [0, 0.1) is 20.8 Å². The van der Waals surface area contributed by atoms with Crippen LogP contribution in [0.25, 0.3) is 0 Å². The van der Waals surface area contributed by atoms with Crippen molar-refractivity contribution in [2.24, 2.45) is 0 Å². The van der Waals surface area contributed by atoms with Crippen LogP contribution < -0.4 is 4.74 Å². The second-order valence-electron chi connectivity index (χ2n) is 5.47. The number of hydrogen-bond acceptors (Lipinski definition) is 3. The molecule has 110 valence electrons. The van der Waals surface area contributed by atoms with Gasteiger partial charge in [0.15, 0.2) is 5.78 Å². The monoisotopic (exact) mass is 304 g/mol. The molecule has 0 aliphatic carbocycles. The van der Waals surface area contributed by atoms with Gasteiger partial charge in [-0.25, -0.2) is 0 Å². The van der Waals surface area contributed by atoms with Crippen molar-refractivity contribution in [2.45, 2.75) is 33.6 Å². The Labute approximate surface area is 128 Å². The van der Waals surface area contributed by atoms with E-state index in [1.54, 1.807) is 0 Å².